The number of aryl methyl sites for hydroxylation is 2. The van der Waals surface area contributed by atoms with Gasteiger partial charge in [-0.3, -0.25) is 34.2 Å². The fourth-order valence-corrected chi connectivity index (χ4v) is 9.29. The van der Waals surface area contributed by atoms with Gasteiger partial charge in [0.1, 0.15) is 5.82 Å². The van der Waals surface area contributed by atoms with Crippen molar-refractivity contribution in [2.24, 2.45) is 12.8 Å². The minimum Gasteiger partial charge on any atom is -0.402 e. The van der Waals surface area contributed by atoms with Gasteiger partial charge in [-0.2, -0.15) is 5.10 Å². The highest BCUT2D eigenvalue weighted by atomic mass is 16.3. The molecule has 0 bridgehead atoms. The number of unbranched alkanes of at least 4 members (excludes halogenated alkanes) is 2. The first kappa shape index (κ1) is 44.4. The van der Waals surface area contributed by atoms with E-state index < -0.39 is 5.92 Å². The first-order chi connectivity index (χ1) is 31.1. The van der Waals surface area contributed by atoms with Gasteiger partial charge in [-0.05, 0) is 56.3 Å². The number of hydrogen-bond donors (Lipinski definition) is 4. The minimum absolute atomic E-state index is 0.0542. The molecule has 5 N–H and O–H groups in total. The van der Waals surface area contributed by atoms with Crippen LogP contribution >= 0.6 is 0 Å². The number of nitrogens with two attached hydrogens (primary N) is 1. The fourth-order valence-electron chi connectivity index (χ4n) is 9.29. The number of allylic oxidation sites excluding steroid dienone is 1. The lowest BCUT2D eigenvalue weighted by atomic mass is 9.92. The molecule has 0 saturated carbocycles. The van der Waals surface area contributed by atoms with Crippen molar-refractivity contribution in [1.82, 2.24) is 39.8 Å². The quantitative estimate of drug-likeness (QED) is 0.0815. The average Bonchev–Trinajstić information content (AvgIpc) is 3.65. The van der Waals surface area contributed by atoms with Crippen LogP contribution in [-0.2, 0) is 27.9 Å². The summed E-state index contributed by atoms with van der Waals surface area (Å²) < 4.78 is 1.75. The van der Waals surface area contributed by atoms with Crippen LogP contribution in [-0.4, -0.2) is 136 Å². The number of benzene rings is 3. The van der Waals surface area contributed by atoms with E-state index in [1.165, 1.54) is 5.56 Å². The van der Waals surface area contributed by atoms with Gasteiger partial charge >= 0.3 is 0 Å². The number of β-amino-alcohol motifs (C(OH)–C–C–N with tert-alkyl or cyclic N) is 1. The summed E-state index contributed by atoms with van der Waals surface area (Å²) in [6.07, 6.45) is 4.94. The van der Waals surface area contributed by atoms with Crippen molar-refractivity contribution >= 4 is 45.7 Å². The van der Waals surface area contributed by atoms with Gasteiger partial charge in [-0.15, -0.1) is 0 Å². The first-order valence-electron chi connectivity index (χ1n) is 22.8. The second kappa shape index (κ2) is 20.6. The number of nitrogens with zero attached hydrogens (tertiary/aromatic N) is 8. The number of imide groups is 1. The third-order valence-corrected chi connectivity index (χ3v) is 12.8. The Bertz CT molecular complexity index is 2470. The molecule has 8 rings (SSSR count). The van der Waals surface area contributed by atoms with Crippen molar-refractivity contribution in [2.45, 2.75) is 51.4 Å². The molecule has 15 heteroatoms. The maximum atomic E-state index is 13.3. The number of rotatable bonds is 16. The number of carbonyl (C=O) groups is 3. The van der Waals surface area contributed by atoms with Crippen LogP contribution in [0, 0.1) is 0 Å². The van der Waals surface area contributed by atoms with Gasteiger partial charge in [0.15, 0.2) is 5.82 Å². The normalized spacial score (nSPS) is 18.0. The first-order valence-corrected chi connectivity index (χ1v) is 22.8. The van der Waals surface area contributed by atoms with Crippen LogP contribution < -0.4 is 21.3 Å². The van der Waals surface area contributed by atoms with E-state index >= 15 is 0 Å². The maximum Gasteiger partial charge on any atom is 0.241 e. The molecule has 0 radical (unpaired) electrons. The Hall–Kier alpha value is -6.16. The fraction of sp³-hybridized carbons (Fsp3) is 0.429. The number of hydrogen-bond acceptors (Lipinski definition) is 12. The van der Waals surface area contributed by atoms with Gasteiger partial charge in [0.2, 0.25) is 17.7 Å². The molecule has 0 aliphatic carbocycles. The molecular formula is C49H61N11O4. The summed E-state index contributed by atoms with van der Waals surface area (Å²) in [6.45, 7) is 10.4. The molecule has 5 aromatic rings. The second-order valence-corrected chi connectivity index (χ2v) is 17.2. The van der Waals surface area contributed by atoms with Crippen molar-refractivity contribution in [2.75, 3.05) is 88.8 Å². The molecule has 64 heavy (non-hydrogen) atoms. The Morgan fingerprint density at radius 3 is 2.36 bits per heavy atom. The Morgan fingerprint density at radius 1 is 0.859 bits per heavy atom. The molecule has 1 unspecified atom stereocenters. The van der Waals surface area contributed by atoms with Gasteiger partial charge in [0.05, 0.1) is 41.7 Å². The Kier molecular flexibility index (Phi) is 14.3. The Morgan fingerprint density at radius 2 is 1.61 bits per heavy atom. The van der Waals surface area contributed by atoms with Crippen LogP contribution in [0.2, 0.25) is 0 Å². The molecular weight excluding hydrogens is 807 g/mol. The molecule has 3 aliphatic rings. The zero-order chi connectivity index (χ0) is 44.6. The number of piperazine rings is 2. The predicted octanol–water partition coefficient (Wildman–Crippen LogP) is 4.37. The number of fused-ring (bicyclic) bond motifs is 1. The van der Waals surface area contributed by atoms with E-state index in [9.17, 15) is 19.5 Å². The molecule has 3 amide bonds. The molecule has 3 aliphatic heterocycles. The van der Waals surface area contributed by atoms with Crippen LogP contribution in [0.25, 0.3) is 27.7 Å². The lowest BCUT2D eigenvalue weighted by Gasteiger charge is -2.35. The van der Waals surface area contributed by atoms with Gasteiger partial charge in [0, 0.05) is 101 Å². The number of amides is 3. The van der Waals surface area contributed by atoms with Gasteiger partial charge in [-0.1, -0.05) is 73.2 Å². The van der Waals surface area contributed by atoms with E-state index in [4.69, 9.17) is 15.7 Å². The van der Waals surface area contributed by atoms with Gasteiger partial charge < -0.3 is 26.0 Å². The number of nitrogens with one attached hydrogen (secondary N) is 2. The summed E-state index contributed by atoms with van der Waals surface area (Å²) in [5.41, 5.74) is 14.6. The molecule has 3 aromatic carbocycles. The monoisotopic (exact) mass is 867 g/mol. The number of aromatic nitrogens is 4. The van der Waals surface area contributed by atoms with Crippen LogP contribution in [0.5, 0.6) is 0 Å². The molecule has 3 fully saturated rings. The van der Waals surface area contributed by atoms with Gasteiger partial charge in [-0.25, -0.2) is 9.97 Å². The smallest absolute Gasteiger partial charge is 0.241 e. The van der Waals surface area contributed by atoms with Crippen LogP contribution in [0.3, 0.4) is 0 Å². The van der Waals surface area contributed by atoms with Crippen molar-refractivity contribution in [3.63, 3.8) is 0 Å². The molecule has 3 saturated heterocycles. The lowest BCUT2D eigenvalue weighted by molar-refractivity contribution is -0.134. The molecule has 1 atom stereocenters. The predicted molar refractivity (Wildman–Crippen MR) is 250 cm³/mol. The topological polar surface area (TPSA) is 178 Å². The van der Waals surface area contributed by atoms with E-state index in [1.54, 1.807) is 4.68 Å². The molecule has 2 aromatic heterocycles. The molecule has 0 spiro atoms. The minimum atomic E-state index is -0.485. The third kappa shape index (κ3) is 10.4. The summed E-state index contributed by atoms with van der Waals surface area (Å²) in [6, 6.07) is 26.7. The lowest BCUT2D eigenvalue weighted by Crippen LogP contribution is -2.50. The number of para-hydroxylation sites is 1. The zero-order valence-corrected chi connectivity index (χ0v) is 37.1. The van der Waals surface area contributed by atoms with E-state index in [1.807, 2.05) is 55.3 Å². The third-order valence-electron chi connectivity index (χ3n) is 12.8. The number of aliphatic hydroxyl groups is 1. The van der Waals surface area contributed by atoms with Crippen LogP contribution in [0.4, 0.5) is 11.5 Å². The van der Waals surface area contributed by atoms with Gasteiger partial charge in [0.25, 0.3) is 0 Å². The zero-order valence-electron chi connectivity index (χ0n) is 37.1. The van der Waals surface area contributed by atoms with Crippen molar-refractivity contribution in [3.8, 4) is 11.3 Å². The number of piperidine rings is 1. The molecule has 15 nitrogen and oxygen atoms in total. The summed E-state index contributed by atoms with van der Waals surface area (Å²) in [5, 5.41) is 20.7. The SMILES string of the molecule is C/C(N)=C(\c1cccc(CCCCCN2CCN(C(=O)CNc3cccc4c(C5CCC(=O)NC5=O)nn(C)c34)CC2)c1)c1nc(-c2ccccc2)cc(N2CCN(CCO)CC2)n1. The second-order valence-electron chi connectivity index (χ2n) is 17.2. The van der Waals surface area contributed by atoms with E-state index in [2.05, 4.69) is 72.9 Å². The summed E-state index contributed by atoms with van der Waals surface area (Å²) in [7, 11) is 1.84. The summed E-state index contributed by atoms with van der Waals surface area (Å²) in [4.78, 5) is 56.9. The van der Waals surface area contributed by atoms with Crippen molar-refractivity contribution in [1.29, 1.82) is 0 Å². The average molecular weight is 868 g/mol. The molecule has 5 heterocycles. The van der Waals surface area contributed by atoms with Crippen molar-refractivity contribution < 1.29 is 19.5 Å². The van der Waals surface area contributed by atoms with E-state index in [0.29, 0.717) is 43.3 Å². The summed E-state index contributed by atoms with van der Waals surface area (Å²) in [5.74, 6) is 0.503. The molecule has 336 valence electrons. The number of aliphatic hydroxyl groups excluding tert-OH is 1. The summed E-state index contributed by atoms with van der Waals surface area (Å²) >= 11 is 0. The highest BCUT2D eigenvalue weighted by molar-refractivity contribution is 6.03. The van der Waals surface area contributed by atoms with Crippen molar-refractivity contribution in [3.05, 3.63) is 107 Å². The Balaban J connectivity index is 0.816. The van der Waals surface area contributed by atoms with E-state index in [0.717, 1.165) is 116 Å². The van der Waals surface area contributed by atoms with Crippen LogP contribution in [0.15, 0.2) is 84.6 Å². The Labute approximate surface area is 375 Å². The standard InChI is InChI=1S/C49H61N11O4/c1-34(50)45(48-52-41(36-13-6-3-7-14-36)32-42(53-48)59-25-21-58(22-26-59)29-30-61)37-15-9-12-35(31-37)11-5-4-8-20-57-23-27-60(28-24-57)44(63)33-51-40-17-10-16-38-46(55-56(2)47(38)40)39-18-19-43(62)54-49(39)64/h3,6-7,9-10,12-17,31-32,39,51,61H,4-5,8,11,18-30,33,50H2,1-2H3,(H,54,62,64)/b45-34-. The largest absolute Gasteiger partial charge is 0.402 e. The number of anilines is 2. The maximum absolute atomic E-state index is 13.3. The van der Waals surface area contributed by atoms with E-state index in [-0.39, 0.29) is 37.3 Å². The number of carbonyl (C=O) groups excluding carboxylic acids is 3. The highest BCUT2D eigenvalue weighted by Gasteiger charge is 2.32. The highest BCUT2D eigenvalue weighted by Crippen LogP contribution is 2.34. The van der Waals surface area contributed by atoms with Crippen LogP contribution in [0.1, 0.15) is 67.6 Å².